The van der Waals surface area contributed by atoms with Gasteiger partial charge in [-0.25, -0.2) is 0 Å². The lowest BCUT2D eigenvalue weighted by molar-refractivity contribution is 0.0167. The third-order valence-corrected chi connectivity index (χ3v) is 3.13. The SMILES string of the molecule is CC(C)NCC(C)(O)CN1CCCC1C. The maximum absolute atomic E-state index is 10.2. The Morgan fingerprint density at radius 1 is 1.53 bits per heavy atom. The van der Waals surface area contributed by atoms with E-state index < -0.39 is 5.60 Å². The van der Waals surface area contributed by atoms with E-state index in [0.29, 0.717) is 18.6 Å². The summed E-state index contributed by atoms with van der Waals surface area (Å²) in [5.74, 6) is 0. The fourth-order valence-corrected chi connectivity index (χ4v) is 2.15. The molecule has 2 unspecified atom stereocenters. The van der Waals surface area contributed by atoms with E-state index in [2.05, 4.69) is 31.0 Å². The molecule has 3 nitrogen and oxygen atoms in total. The zero-order chi connectivity index (χ0) is 11.5. The van der Waals surface area contributed by atoms with Crippen molar-refractivity contribution in [3.05, 3.63) is 0 Å². The second-order valence-electron chi connectivity index (χ2n) is 5.49. The van der Waals surface area contributed by atoms with Gasteiger partial charge in [0.2, 0.25) is 0 Å². The number of β-amino-alcohol motifs (C(OH)–C–C–N with tert-alkyl or cyclic N) is 1. The van der Waals surface area contributed by atoms with Crippen LogP contribution in [0.1, 0.15) is 40.5 Å². The molecule has 3 heteroatoms. The summed E-state index contributed by atoms with van der Waals surface area (Å²) in [6, 6.07) is 1.07. The van der Waals surface area contributed by atoms with E-state index >= 15 is 0 Å². The first-order chi connectivity index (χ1) is 6.91. The number of hydrogen-bond acceptors (Lipinski definition) is 3. The Kier molecular flexibility index (Phi) is 4.56. The molecule has 0 amide bonds. The first-order valence-electron chi connectivity index (χ1n) is 6.10. The highest BCUT2D eigenvalue weighted by atomic mass is 16.3. The lowest BCUT2D eigenvalue weighted by Gasteiger charge is -2.32. The molecule has 1 fully saturated rings. The smallest absolute Gasteiger partial charge is 0.0869 e. The first kappa shape index (κ1) is 12.9. The predicted molar refractivity (Wildman–Crippen MR) is 64.0 cm³/mol. The van der Waals surface area contributed by atoms with Gasteiger partial charge in [0.15, 0.2) is 0 Å². The topological polar surface area (TPSA) is 35.5 Å². The summed E-state index contributed by atoms with van der Waals surface area (Å²) in [5.41, 5.74) is -0.608. The Balaban J connectivity index is 2.34. The molecule has 0 bridgehead atoms. The van der Waals surface area contributed by atoms with Crippen LogP contribution in [0.3, 0.4) is 0 Å². The van der Waals surface area contributed by atoms with Gasteiger partial charge >= 0.3 is 0 Å². The van der Waals surface area contributed by atoms with Crippen LogP contribution < -0.4 is 5.32 Å². The van der Waals surface area contributed by atoms with Crippen molar-refractivity contribution in [2.75, 3.05) is 19.6 Å². The average molecular weight is 214 g/mol. The predicted octanol–water partition coefficient (Wildman–Crippen LogP) is 1.22. The Morgan fingerprint density at radius 2 is 2.20 bits per heavy atom. The molecule has 90 valence electrons. The highest BCUT2D eigenvalue weighted by molar-refractivity contribution is 4.85. The summed E-state index contributed by atoms with van der Waals surface area (Å²) in [4.78, 5) is 2.39. The Labute approximate surface area is 93.9 Å². The van der Waals surface area contributed by atoms with Gasteiger partial charge in [0.1, 0.15) is 0 Å². The van der Waals surface area contributed by atoms with Crippen LogP contribution in [0.25, 0.3) is 0 Å². The van der Waals surface area contributed by atoms with E-state index in [1.807, 2.05) is 6.92 Å². The van der Waals surface area contributed by atoms with Crippen molar-refractivity contribution >= 4 is 0 Å². The first-order valence-corrected chi connectivity index (χ1v) is 6.10. The van der Waals surface area contributed by atoms with Crippen molar-refractivity contribution < 1.29 is 5.11 Å². The standard InChI is InChI=1S/C12H26N2O/c1-10(2)13-8-12(4,15)9-14-7-5-6-11(14)3/h10-11,13,15H,5-9H2,1-4H3. The fraction of sp³-hybridized carbons (Fsp3) is 1.00. The highest BCUT2D eigenvalue weighted by Gasteiger charge is 2.29. The van der Waals surface area contributed by atoms with E-state index in [0.717, 1.165) is 13.1 Å². The van der Waals surface area contributed by atoms with Crippen molar-refractivity contribution in [1.82, 2.24) is 10.2 Å². The van der Waals surface area contributed by atoms with Crippen molar-refractivity contribution in [3.63, 3.8) is 0 Å². The zero-order valence-electron chi connectivity index (χ0n) is 10.6. The molecule has 0 radical (unpaired) electrons. The maximum atomic E-state index is 10.2. The number of likely N-dealkylation sites (tertiary alicyclic amines) is 1. The molecular formula is C12H26N2O. The van der Waals surface area contributed by atoms with Crippen LogP contribution in [0.2, 0.25) is 0 Å². The minimum Gasteiger partial charge on any atom is -0.388 e. The lowest BCUT2D eigenvalue weighted by Crippen LogP contribution is -2.49. The number of nitrogens with one attached hydrogen (secondary N) is 1. The van der Waals surface area contributed by atoms with Gasteiger partial charge < -0.3 is 10.4 Å². The summed E-state index contributed by atoms with van der Waals surface area (Å²) < 4.78 is 0. The number of hydrogen-bond donors (Lipinski definition) is 2. The van der Waals surface area contributed by atoms with Crippen LogP contribution in [0.15, 0.2) is 0 Å². The average Bonchev–Trinajstić information content (AvgIpc) is 2.48. The number of nitrogens with zero attached hydrogens (tertiary/aromatic N) is 1. The van der Waals surface area contributed by atoms with Gasteiger partial charge in [-0.1, -0.05) is 13.8 Å². The van der Waals surface area contributed by atoms with Crippen LogP contribution in [-0.2, 0) is 0 Å². The minimum absolute atomic E-state index is 0.437. The molecule has 0 saturated carbocycles. The highest BCUT2D eigenvalue weighted by Crippen LogP contribution is 2.19. The molecule has 0 spiro atoms. The summed E-state index contributed by atoms with van der Waals surface area (Å²) in [7, 11) is 0. The summed E-state index contributed by atoms with van der Waals surface area (Å²) in [5, 5.41) is 13.5. The Bertz CT molecular complexity index is 192. The molecule has 0 aromatic rings. The second-order valence-corrected chi connectivity index (χ2v) is 5.49. The molecule has 0 aromatic carbocycles. The van der Waals surface area contributed by atoms with Crippen molar-refractivity contribution in [2.24, 2.45) is 0 Å². The molecule has 1 aliphatic heterocycles. The van der Waals surface area contributed by atoms with Gasteiger partial charge in [-0.3, -0.25) is 4.90 Å². The van der Waals surface area contributed by atoms with E-state index in [1.165, 1.54) is 12.8 Å². The summed E-state index contributed by atoms with van der Waals surface area (Å²) in [6.45, 7) is 11.0. The molecule has 1 saturated heterocycles. The number of rotatable bonds is 5. The Morgan fingerprint density at radius 3 is 2.67 bits per heavy atom. The zero-order valence-corrected chi connectivity index (χ0v) is 10.6. The second kappa shape index (κ2) is 5.28. The third-order valence-electron chi connectivity index (χ3n) is 3.13. The van der Waals surface area contributed by atoms with Crippen LogP contribution >= 0.6 is 0 Å². The molecule has 2 atom stereocenters. The lowest BCUT2D eigenvalue weighted by atomic mass is 10.1. The normalized spacial score (nSPS) is 27.2. The quantitative estimate of drug-likeness (QED) is 0.722. The molecule has 1 rings (SSSR count). The van der Waals surface area contributed by atoms with Gasteiger partial charge in [-0.2, -0.15) is 0 Å². The summed E-state index contributed by atoms with van der Waals surface area (Å²) in [6.07, 6.45) is 2.54. The van der Waals surface area contributed by atoms with E-state index in [-0.39, 0.29) is 0 Å². The largest absolute Gasteiger partial charge is 0.388 e. The fourth-order valence-electron chi connectivity index (χ4n) is 2.15. The van der Waals surface area contributed by atoms with Gasteiger partial charge in [-0.15, -0.1) is 0 Å². The van der Waals surface area contributed by atoms with E-state index in [1.54, 1.807) is 0 Å². The van der Waals surface area contributed by atoms with Crippen molar-refractivity contribution in [1.29, 1.82) is 0 Å². The Hall–Kier alpha value is -0.120. The summed E-state index contributed by atoms with van der Waals surface area (Å²) >= 11 is 0. The monoisotopic (exact) mass is 214 g/mol. The van der Waals surface area contributed by atoms with Crippen LogP contribution in [-0.4, -0.2) is 47.3 Å². The van der Waals surface area contributed by atoms with Crippen molar-refractivity contribution in [2.45, 2.75) is 58.2 Å². The van der Waals surface area contributed by atoms with E-state index in [4.69, 9.17) is 0 Å². The van der Waals surface area contributed by atoms with Gasteiger partial charge in [0.25, 0.3) is 0 Å². The third kappa shape index (κ3) is 4.49. The molecular weight excluding hydrogens is 188 g/mol. The molecule has 1 heterocycles. The number of aliphatic hydroxyl groups is 1. The van der Waals surface area contributed by atoms with Gasteiger partial charge in [0.05, 0.1) is 5.60 Å². The molecule has 0 aromatic heterocycles. The van der Waals surface area contributed by atoms with E-state index in [9.17, 15) is 5.11 Å². The minimum atomic E-state index is -0.608. The van der Waals surface area contributed by atoms with Crippen LogP contribution in [0, 0.1) is 0 Å². The molecule has 0 aliphatic carbocycles. The molecule has 2 N–H and O–H groups in total. The van der Waals surface area contributed by atoms with Gasteiger partial charge in [-0.05, 0) is 33.2 Å². The molecule has 15 heavy (non-hydrogen) atoms. The maximum Gasteiger partial charge on any atom is 0.0869 e. The van der Waals surface area contributed by atoms with Crippen LogP contribution in [0.4, 0.5) is 0 Å². The van der Waals surface area contributed by atoms with Gasteiger partial charge in [0, 0.05) is 25.2 Å². The van der Waals surface area contributed by atoms with Crippen molar-refractivity contribution in [3.8, 4) is 0 Å². The molecule has 1 aliphatic rings. The van der Waals surface area contributed by atoms with Crippen LogP contribution in [0.5, 0.6) is 0 Å².